The molecule has 0 fully saturated rings. The zero-order chi connectivity index (χ0) is 31.3. The number of rotatable bonds is 5. The maximum atomic E-state index is 12.8. The topological polar surface area (TPSA) is 80.3 Å². The lowest BCUT2D eigenvalue weighted by molar-refractivity contribution is 0.0827. The molecule has 4 aromatic rings. The maximum Gasteiger partial charge on any atom is 0.253 e. The van der Waals surface area contributed by atoms with E-state index in [1.807, 2.05) is 32.3 Å². The Kier molecular flexibility index (Phi) is 4.86. The van der Waals surface area contributed by atoms with Crippen LogP contribution < -0.4 is 5.73 Å². The molecule has 0 spiro atoms. The molecule has 3 aromatic heterocycles. The number of pyridine rings is 2. The quantitative estimate of drug-likeness (QED) is 0.413. The summed E-state index contributed by atoms with van der Waals surface area (Å²) in [5.74, 6) is -0.536. The number of hydrogen-bond donors (Lipinski definition) is 1. The Labute approximate surface area is 226 Å². The second kappa shape index (κ2) is 9.82. The lowest BCUT2D eigenvalue weighted by atomic mass is 9.97. The molecule has 0 radical (unpaired) electrons. The van der Waals surface area contributed by atoms with Crippen molar-refractivity contribution in [1.29, 1.82) is 0 Å². The third-order valence-electron chi connectivity index (χ3n) is 7.32. The van der Waals surface area contributed by atoms with Crippen LogP contribution in [0.25, 0.3) is 27.7 Å². The van der Waals surface area contributed by atoms with Gasteiger partial charge in [0, 0.05) is 83.0 Å². The Morgan fingerprint density at radius 2 is 1.92 bits per heavy atom. The molecule has 37 heavy (non-hydrogen) atoms. The summed E-state index contributed by atoms with van der Waals surface area (Å²) in [5, 5.41) is 1.05. The van der Waals surface area contributed by atoms with Crippen molar-refractivity contribution < 1.29 is 13.0 Å². The van der Waals surface area contributed by atoms with Crippen LogP contribution in [0.15, 0.2) is 60.9 Å². The summed E-state index contributed by atoms with van der Waals surface area (Å²) < 4.78 is 47.2. The Morgan fingerprint density at radius 1 is 1.14 bits per heavy atom. The fraction of sp³-hybridized carbons (Fsp3) is 0.300. The predicted octanol–water partition coefficient (Wildman–Crippen LogP) is 5.08. The van der Waals surface area contributed by atoms with Crippen LogP contribution in [-0.2, 0) is 7.05 Å². The van der Waals surface area contributed by atoms with E-state index in [1.165, 1.54) is 12.1 Å². The molecule has 5 rings (SSSR count). The van der Waals surface area contributed by atoms with Gasteiger partial charge in [0.25, 0.3) is 5.91 Å². The van der Waals surface area contributed by atoms with E-state index < -0.39 is 19.9 Å². The SMILES string of the molecule is [2H]C([2H])([2H])N(C(=O)c1ccc(C2=CCN([C@@H](C)c3cc4c(-c5cnc(N)c(C)c5)ccnc4n3C)CC2)cc1)C([2H])([2H])[2H]. The highest BCUT2D eigenvalue weighted by Gasteiger charge is 2.23. The van der Waals surface area contributed by atoms with Crippen molar-refractivity contribution in [3.05, 3.63) is 83.3 Å². The van der Waals surface area contributed by atoms with Crippen LogP contribution in [0.4, 0.5) is 5.82 Å². The first-order valence-electron chi connectivity index (χ1n) is 15.2. The number of nitrogen functional groups attached to an aromatic ring is 1. The van der Waals surface area contributed by atoms with E-state index in [-0.39, 0.29) is 16.5 Å². The number of amides is 1. The second-order valence-corrected chi connectivity index (χ2v) is 9.52. The molecule has 0 unspecified atom stereocenters. The number of aromatic nitrogens is 3. The van der Waals surface area contributed by atoms with Crippen LogP contribution in [0.5, 0.6) is 0 Å². The van der Waals surface area contributed by atoms with Crippen molar-refractivity contribution in [3.8, 4) is 11.1 Å². The number of fused-ring (bicyclic) bond motifs is 1. The first kappa shape index (κ1) is 18.3. The minimum absolute atomic E-state index is 0.0105. The number of hydrogen-bond acceptors (Lipinski definition) is 5. The van der Waals surface area contributed by atoms with Gasteiger partial charge in [0.15, 0.2) is 0 Å². The highest BCUT2D eigenvalue weighted by atomic mass is 16.2. The fourth-order valence-electron chi connectivity index (χ4n) is 5.07. The van der Waals surface area contributed by atoms with Gasteiger partial charge in [0.1, 0.15) is 11.5 Å². The Morgan fingerprint density at radius 3 is 2.59 bits per heavy atom. The summed E-state index contributed by atoms with van der Waals surface area (Å²) >= 11 is 0. The number of nitrogens with zero attached hydrogens (tertiary/aromatic N) is 5. The van der Waals surface area contributed by atoms with Crippen molar-refractivity contribution in [3.63, 3.8) is 0 Å². The molecule has 2 N–H and O–H groups in total. The molecule has 1 aliphatic heterocycles. The van der Waals surface area contributed by atoms with Crippen molar-refractivity contribution >= 4 is 28.3 Å². The zero-order valence-corrected chi connectivity index (χ0v) is 21.2. The van der Waals surface area contributed by atoms with E-state index in [4.69, 9.17) is 14.0 Å². The summed E-state index contributed by atoms with van der Waals surface area (Å²) in [6.07, 6.45) is 6.54. The molecule has 0 saturated heterocycles. The maximum absolute atomic E-state index is 12.8. The lowest BCUT2D eigenvalue weighted by Crippen LogP contribution is -2.32. The number of anilines is 1. The van der Waals surface area contributed by atoms with Crippen LogP contribution in [-0.4, -0.2) is 57.3 Å². The largest absolute Gasteiger partial charge is 0.383 e. The molecule has 4 heterocycles. The standard InChI is InChI=1S/C30H34N6O/c1-19-16-24(18-33-28(19)31)25-10-13-32-29-26(25)17-27(35(29)5)20(2)36-14-11-22(12-15-36)21-6-8-23(9-7-21)30(37)34(3)4/h6-11,13,16-18,20H,12,14-15H2,1-5H3,(H2,31,33)/t20-/m0/s1/i3D3,4D3. The zero-order valence-electron chi connectivity index (χ0n) is 27.2. The smallest absolute Gasteiger partial charge is 0.253 e. The molecule has 0 saturated carbocycles. The van der Waals surface area contributed by atoms with Crippen molar-refractivity contribution in [2.45, 2.75) is 26.3 Å². The average Bonchev–Trinajstić information content (AvgIpc) is 3.29. The summed E-state index contributed by atoms with van der Waals surface area (Å²) in [5.41, 5.74) is 13.0. The molecule has 1 atom stereocenters. The van der Waals surface area contributed by atoms with Crippen molar-refractivity contribution in [2.75, 3.05) is 32.8 Å². The van der Waals surface area contributed by atoms with E-state index in [2.05, 4.69) is 38.5 Å². The molecule has 1 aliphatic rings. The van der Waals surface area contributed by atoms with Gasteiger partial charge in [0.2, 0.25) is 0 Å². The highest BCUT2D eigenvalue weighted by molar-refractivity contribution is 5.95. The van der Waals surface area contributed by atoms with E-state index >= 15 is 0 Å². The summed E-state index contributed by atoms with van der Waals surface area (Å²) in [7, 11) is 2.03. The normalized spacial score (nSPS) is 18.1. The highest BCUT2D eigenvalue weighted by Crippen LogP contribution is 2.34. The van der Waals surface area contributed by atoms with Crippen molar-refractivity contribution in [2.24, 2.45) is 7.05 Å². The van der Waals surface area contributed by atoms with Gasteiger partial charge in [-0.15, -0.1) is 0 Å². The number of nitrogens with two attached hydrogens (primary N) is 1. The van der Waals surface area contributed by atoms with Crippen LogP contribution >= 0.6 is 0 Å². The molecule has 1 aromatic carbocycles. The number of benzene rings is 1. The van der Waals surface area contributed by atoms with E-state index in [1.54, 1.807) is 18.3 Å². The first-order chi connectivity index (χ1) is 20.2. The minimum Gasteiger partial charge on any atom is -0.383 e. The fourth-order valence-corrected chi connectivity index (χ4v) is 5.07. The third-order valence-corrected chi connectivity index (χ3v) is 7.32. The monoisotopic (exact) mass is 500 g/mol. The minimum atomic E-state index is -3.08. The molecule has 0 bridgehead atoms. The lowest BCUT2D eigenvalue weighted by Gasteiger charge is -2.32. The third kappa shape index (κ3) is 4.62. The van der Waals surface area contributed by atoms with Crippen molar-refractivity contribution in [1.82, 2.24) is 24.3 Å². The van der Waals surface area contributed by atoms with Gasteiger partial charge in [-0.3, -0.25) is 9.69 Å². The van der Waals surface area contributed by atoms with E-state index in [0.29, 0.717) is 12.4 Å². The molecule has 7 heteroatoms. The van der Waals surface area contributed by atoms with E-state index in [9.17, 15) is 4.79 Å². The van der Waals surface area contributed by atoms with E-state index in [0.717, 1.165) is 57.5 Å². The van der Waals surface area contributed by atoms with Gasteiger partial charge in [-0.2, -0.15) is 0 Å². The average molecular weight is 501 g/mol. The van der Waals surface area contributed by atoms with Gasteiger partial charge in [-0.1, -0.05) is 18.2 Å². The van der Waals surface area contributed by atoms with Crippen LogP contribution in [0, 0.1) is 6.92 Å². The Balaban J connectivity index is 1.34. The number of carbonyl (C=O) groups excluding carboxylic acids is 1. The second-order valence-electron chi connectivity index (χ2n) is 9.52. The molecular formula is C30H34N6O. The molecule has 7 nitrogen and oxygen atoms in total. The van der Waals surface area contributed by atoms with Gasteiger partial charge in [-0.05, 0) is 72.9 Å². The van der Waals surface area contributed by atoms with Gasteiger partial charge in [0.05, 0.1) is 0 Å². The molecule has 1 amide bonds. The van der Waals surface area contributed by atoms with Gasteiger partial charge in [-0.25, -0.2) is 9.97 Å². The van der Waals surface area contributed by atoms with Crippen LogP contribution in [0.2, 0.25) is 0 Å². The molecular weight excluding hydrogens is 460 g/mol. The summed E-state index contributed by atoms with van der Waals surface area (Å²) in [4.78, 5) is 24.1. The van der Waals surface area contributed by atoms with Crippen LogP contribution in [0.1, 0.15) is 54.8 Å². The number of aryl methyl sites for hydroxylation is 2. The molecule has 0 aliphatic carbocycles. The van der Waals surface area contributed by atoms with Gasteiger partial charge < -0.3 is 15.2 Å². The number of carbonyl (C=O) groups is 1. The summed E-state index contributed by atoms with van der Waals surface area (Å²) in [6, 6.07) is 12.8. The van der Waals surface area contributed by atoms with Crippen LogP contribution in [0.3, 0.4) is 0 Å². The Hall–Kier alpha value is -3.97. The molecule has 190 valence electrons. The summed E-state index contributed by atoms with van der Waals surface area (Å²) in [6.45, 7) is -0.510. The Bertz CT molecular complexity index is 1690. The predicted molar refractivity (Wildman–Crippen MR) is 150 cm³/mol. The first-order valence-corrected chi connectivity index (χ1v) is 12.2. The van der Waals surface area contributed by atoms with Gasteiger partial charge >= 0.3 is 0 Å².